The Morgan fingerprint density at radius 2 is 1.78 bits per heavy atom. The van der Waals surface area contributed by atoms with Crippen molar-refractivity contribution in [1.29, 1.82) is 0 Å². The molecule has 0 amide bonds. The summed E-state index contributed by atoms with van der Waals surface area (Å²) in [7, 11) is -3.92. The third kappa shape index (κ3) is 3.64. The average molecular weight is 336 g/mol. The Kier molecular flexibility index (Phi) is 4.32. The van der Waals surface area contributed by atoms with Crippen molar-refractivity contribution in [2.45, 2.75) is 11.8 Å². The first-order chi connectivity index (χ1) is 10.7. The third-order valence-electron chi connectivity index (χ3n) is 3.01. The minimum atomic E-state index is -3.92. The Morgan fingerprint density at radius 1 is 1.17 bits per heavy atom. The van der Waals surface area contributed by atoms with Crippen LogP contribution in [0.25, 0.3) is 0 Å². The molecule has 2 aromatic rings. The summed E-state index contributed by atoms with van der Waals surface area (Å²) in [4.78, 5) is 21.0. The molecule has 23 heavy (non-hydrogen) atoms. The Balaban J connectivity index is 2.40. The van der Waals surface area contributed by atoms with Gasteiger partial charge in [-0.2, -0.15) is 0 Å². The standard InChI is InChI=1S/C14H12N2O6S/c1-9-2-5-11(6-3-9)23(21,22)15-10-4-7-13(16(19)20)12(8-10)14(17)18/h2-8,15H,1H3,(H,17,18). The Morgan fingerprint density at radius 3 is 2.30 bits per heavy atom. The van der Waals surface area contributed by atoms with Gasteiger partial charge in [-0.1, -0.05) is 17.7 Å². The van der Waals surface area contributed by atoms with Crippen molar-refractivity contribution in [2.24, 2.45) is 0 Å². The number of benzene rings is 2. The number of nitrogens with one attached hydrogen (secondary N) is 1. The molecule has 2 aromatic carbocycles. The van der Waals surface area contributed by atoms with Gasteiger partial charge in [-0.3, -0.25) is 14.8 Å². The van der Waals surface area contributed by atoms with Crippen LogP contribution in [0.15, 0.2) is 47.4 Å². The van der Waals surface area contributed by atoms with Gasteiger partial charge in [-0.25, -0.2) is 13.2 Å². The molecule has 0 saturated heterocycles. The molecule has 0 aliphatic rings. The van der Waals surface area contributed by atoms with Gasteiger partial charge < -0.3 is 5.11 Å². The Bertz CT molecular complexity index is 875. The van der Waals surface area contributed by atoms with Gasteiger partial charge in [0, 0.05) is 6.07 Å². The summed E-state index contributed by atoms with van der Waals surface area (Å²) in [6, 6.07) is 9.03. The Hall–Kier alpha value is -2.94. The summed E-state index contributed by atoms with van der Waals surface area (Å²) >= 11 is 0. The molecular formula is C14H12N2O6S. The van der Waals surface area contributed by atoms with Gasteiger partial charge in [0.15, 0.2) is 0 Å². The number of rotatable bonds is 5. The molecule has 0 unspecified atom stereocenters. The lowest BCUT2D eigenvalue weighted by Crippen LogP contribution is -2.14. The molecule has 9 heteroatoms. The quantitative estimate of drug-likeness (QED) is 0.637. The van der Waals surface area contributed by atoms with Gasteiger partial charge in [-0.05, 0) is 31.2 Å². The molecule has 0 fully saturated rings. The SMILES string of the molecule is Cc1ccc(S(=O)(=O)Nc2ccc([N+](=O)[O-])c(C(=O)O)c2)cc1. The molecule has 0 radical (unpaired) electrons. The van der Waals surface area contributed by atoms with E-state index in [9.17, 15) is 23.3 Å². The van der Waals surface area contributed by atoms with Crippen LogP contribution in [0.1, 0.15) is 15.9 Å². The zero-order valence-corrected chi connectivity index (χ0v) is 12.7. The molecule has 120 valence electrons. The fourth-order valence-electron chi connectivity index (χ4n) is 1.86. The lowest BCUT2D eigenvalue weighted by molar-refractivity contribution is -0.385. The number of aryl methyl sites for hydroxylation is 1. The van der Waals surface area contributed by atoms with Gasteiger partial charge in [0.2, 0.25) is 0 Å². The predicted octanol–water partition coefficient (Wildman–Crippen LogP) is 2.40. The number of carboxylic acid groups (broad SMARTS) is 1. The highest BCUT2D eigenvalue weighted by Gasteiger charge is 2.22. The summed E-state index contributed by atoms with van der Waals surface area (Å²) in [5, 5.41) is 19.8. The second-order valence-electron chi connectivity index (χ2n) is 4.71. The predicted molar refractivity (Wildman–Crippen MR) is 82.0 cm³/mol. The third-order valence-corrected chi connectivity index (χ3v) is 4.40. The van der Waals surface area contributed by atoms with E-state index in [0.717, 1.165) is 23.8 Å². The Labute approximate surface area is 131 Å². The number of nitro groups is 1. The number of anilines is 1. The van der Waals surface area contributed by atoms with E-state index in [1.54, 1.807) is 19.1 Å². The minimum absolute atomic E-state index is 0.00155. The molecule has 0 bridgehead atoms. The van der Waals surface area contributed by atoms with Crippen LogP contribution in [-0.4, -0.2) is 24.4 Å². The molecule has 0 atom stereocenters. The molecule has 0 spiro atoms. The van der Waals surface area contributed by atoms with Crippen molar-refractivity contribution in [3.63, 3.8) is 0 Å². The maximum atomic E-state index is 12.2. The monoisotopic (exact) mass is 336 g/mol. The highest BCUT2D eigenvalue weighted by atomic mass is 32.2. The van der Waals surface area contributed by atoms with E-state index in [-0.39, 0.29) is 10.6 Å². The zero-order chi connectivity index (χ0) is 17.2. The van der Waals surface area contributed by atoms with Crippen LogP contribution in [0.5, 0.6) is 0 Å². The largest absolute Gasteiger partial charge is 0.477 e. The number of carboxylic acids is 1. The topological polar surface area (TPSA) is 127 Å². The van der Waals surface area contributed by atoms with Crippen LogP contribution in [0.3, 0.4) is 0 Å². The van der Waals surface area contributed by atoms with Gasteiger partial charge in [0.1, 0.15) is 5.56 Å². The first-order valence-corrected chi connectivity index (χ1v) is 7.80. The zero-order valence-electron chi connectivity index (χ0n) is 11.9. The van der Waals surface area contributed by atoms with E-state index in [4.69, 9.17) is 5.11 Å². The second kappa shape index (κ2) is 6.05. The van der Waals surface area contributed by atoms with Gasteiger partial charge >= 0.3 is 5.97 Å². The van der Waals surface area contributed by atoms with Crippen LogP contribution >= 0.6 is 0 Å². The summed E-state index contributed by atoms with van der Waals surface area (Å²) in [6.07, 6.45) is 0. The number of aromatic carboxylic acids is 1. The van der Waals surface area contributed by atoms with Crippen molar-refractivity contribution in [3.8, 4) is 0 Å². The molecule has 0 aliphatic heterocycles. The highest BCUT2D eigenvalue weighted by molar-refractivity contribution is 7.92. The second-order valence-corrected chi connectivity index (χ2v) is 6.40. The number of nitrogens with zero attached hydrogens (tertiary/aromatic N) is 1. The number of hydrogen-bond acceptors (Lipinski definition) is 5. The maximum absolute atomic E-state index is 12.2. The molecule has 8 nitrogen and oxygen atoms in total. The molecule has 2 rings (SSSR count). The van der Waals surface area contributed by atoms with Crippen molar-refractivity contribution in [2.75, 3.05) is 4.72 Å². The van der Waals surface area contributed by atoms with E-state index >= 15 is 0 Å². The van der Waals surface area contributed by atoms with Gasteiger partial charge in [-0.15, -0.1) is 0 Å². The van der Waals surface area contributed by atoms with Crippen molar-refractivity contribution in [1.82, 2.24) is 0 Å². The molecule has 2 N–H and O–H groups in total. The van der Waals surface area contributed by atoms with E-state index in [1.165, 1.54) is 12.1 Å². The fourth-order valence-corrected chi connectivity index (χ4v) is 2.91. The minimum Gasteiger partial charge on any atom is -0.477 e. The van der Waals surface area contributed by atoms with E-state index < -0.39 is 32.2 Å². The lowest BCUT2D eigenvalue weighted by atomic mass is 10.1. The van der Waals surface area contributed by atoms with Crippen molar-refractivity contribution in [3.05, 3.63) is 63.7 Å². The molecule has 0 heterocycles. The van der Waals surface area contributed by atoms with Crippen LogP contribution in [0.4, 0.5) is 11.4 Å². The summed E-state index contributed by atoms with van der Waals surface area (Å²) in [5.41, 5.74) is -0.407. The first-order valence-electron chi connectivity index (χ1n) is 6.32. The first kappa shape index (κ1) is 16.4. The number of hydrogen-bond donors (Lipinski definition) is 2. The molecular weight excluding hydrogens is 324 g/mol. The van der Waals surface area contributed by atoms with Crippen LogP contribution in [-0.2, 0) is 10.0 Å². The lowest BCUT2D eigenvalue weighted by Gasteiger charge is -2.09. The maximum Gasteiger partial charge on any atom is 0.342 e. The van der Waals surface area contributed by atoms with Gasteiger partial charge in [0.25, 0.3) is 15.7 Å². The van der Waals surface area contributed by atoms with Crippen molar-refractivity contribution < 1.29 is 23.2 Å². The van der Waals surface area contributed by atoms with E-state index in [0.29, 0.717) is 0 Å². The van der Waals surface area contributed by atoms with E-state index in [2.05, 4.69) is 4.72 Å². The summed E-state index contributed by atoms with van der Waals surface area (Å²) in [5.74, 6) is -1.52. The summed E-state index contributed by atoms with van der Waals surface area (Å²) in [6.45, 7) is 1.80. The number of sulfonamides is 1. The van der Waals surface area contributed by atoms with Crippen molar-refractivity contribution >= 4 is 27.4 Å². The van der Waals surface area contributed by atoms with Crippen LogP contribution in [0, 0.1) is 17.0 Å². The van der Waals surface area contributed by atoms with Gasteiger partial charge in [0.05, 0.1) is 15.5 Å². The van der Waals surface area contributed by atoms with Crippen LogP contribution < -0.4 is 4.72 Å². The van der Waals surface area contributed by atoms with Crippen LogP contribution in [0.2, 0.25) is 0 Å². The normalized spacial score (nSPS) is 11.0. The fraction of sp³-hybridized carbons (Fsp3) is 0.0714. The molecule has 0 aromatic heterocycles. The number of carbonyl (C=O) groups is 1. The average Bonchev–Trinajstić information content (AvgIpc) is 2.46. The van der Waals surface area contributed by atoms with E-state index in [1.807, 2.05) is 0 Å². The smallest absolute Gasteiger partial charge is 0.342 e. The summed E-state index contributed by atoms with van der Waals surface area (Å²) < 4.78 is 26.6. The highest BCUT2D eigenvalue weighted by Crippen LogP contribution is 2.24. The molecule has 0 saturated carbocycles. The molecule has 0 aliphatic carbocycles. The number of nitro benzene ring substituents is 1.